The van der Waals surface area contributed by atoms with Gasteiger partial charge in [-0.05, 0) is 31.9 Å². The van der Waals surface area contributed by atoms with Crippen molar-refractivity contribution in [1.82, 2.24) is 19.9 Å². The second-order valence-corrected chi connectivity index (χ2v) is 5.85. The van der Waals surface area contributed by atoms with Gasteiger partial charge >= 0.3 is 0 Å². The van der Waals surface area contributed by atoms with Crippen LogP contribution in [0.4, 0.5) is 5.82 Å². The molecule has 3 heterocycles. The molecule has 0 radical (unpaired) electrons. The van der Waals surface area contributed by atoms with Gasteiger partial charge in [0.15, 0.2) is 0 Å². The Kier molecular flexibility index (Phi) is 4.50. The van der Waals surface area contributed by atoms with E-state index in [2.05, 4.69) is 20.3 Å². The van der Waals surface area contributed by atoms with E-state index in [1.165, 1.54) is 13.1 Å². The number of amides is 2. The van der Waals surface area contributed by atoms with Crippen molar-refractivity contribution in [1.29, 1.82) is 0 Å². The highest BCUT2D eigenvalue weighted by Gasteiger charge is 2.32. The fourth-order valence-electron chi connectivity index (χ4n) is 2.94. The lowest BCUT2D eigenvalue weighted by Crippen LogP contribution is -2.31. The first-order valence-corrected chi connectivity index (χ1v) is 7.88. The number of rotatable bonds is 3. The van der Waals surface area contributed by atoms with Crippen LogP contribution < -0.4 is 5.32 Å². The Morgan fingerprint density at radius 2 is 2.17 bits per heavy atom. The lowest BCUT2D eigenvalue weighted by atomic mass is 10.1. The second kappa shape index (κ2) is 6.74. The largest absolute Gasteiger partial charge is 0.330 e. The monoisotopic (exact) mass is 325 g/mol. The molecule has 7 nitrogen and oxygen atoms in total. The van der Waals surface area contributed by atoms with Crippen LogP contribution >= 0.6 is 0 Å². The van der Waals surface area contributed by atoms with Crippen molar-refractivity contribution in [2.45, 2.75) is 32.7 Å². The summed E-state index contributed by atoms with van der Waals surface area (Å²) in [6.45, 7) is 3.97. The third-order valence-electron chi connectivity index (χ3n) is 3.94. The van der Waals surface area contributed by atoms with Crippen molar-refractivity contribution in [3.05, 3.63) is 47.7 Å². The van der Waals surface area contributed by atoms with Gasteiger partial charge in [0, 0.05) is 31.4 Å². The number of likely N-dealkylation sites (tertiary alicyclic amines) is 1. The van der Waals surface area contributed by atoms with Crippen molar-refractivity contribution in [2.24, 2.45) is 0 Å². The summed E-state index contributed by atoms with van der Waals surface area (Å²) in [5.41, 5.74) is 2.15. The molecule has 0 spiro atoms. The molecular weight excluding hydrogens is 306 g/mol. The fraction of sp³-hybridized carbons (Fsp3) is 0.353. The maximum absolute atomic E-state index is 12.9. The van der Waals surface area contributed by atoms with Crippen LogP contribution in [0.15, 0.2) is 30.7 Å². The van der Waals surface area contributed by atoms with E-state index in [9.17, 15) is 9.59 Å². The quantitative estimate of drug-likeness (QED) is 0.934. The molecule has 0 aliphatic carbocycles. The van der Waals surface area contributed by atoms with Crippen molar-refractivity contribution >= 4 is 17.6 Å². The van der Waals surface area contributed by atoms with Crippen LogP contribution in [0.3, 0.4) is 0 Å². The van der Waals surface area contributed by atoms with Crippen LogP contribution in [0.25, 0.3) is 0 Å². The Balaban J connectivity index is 1.85. The molecule has 0 bridgehead atoms. The average molecular weight is 325 g/mol. The van der Waals surface area contributed by atoms with E-state index < -0.39 is 0 Å². The predicted molar refractivity (Wildman–Crippen MR) is 88.3 cm³/mol. The molecule has 1 N–H and O–H groups in total. The summed E-state index contributed by atoms with van der Waals surface area (Å²) in [6, 6.07) is 3.19. The standard InChI is InChI=1S/C17H19N5O2/c1-11-9-18-10-14(20-11)15-4-3-7-22(15)17(24)13-5-6-19-16(8-13)21-12(2)23/h5-6,8-10,15H,3-4,7H2,1-2H3,(H,19,21,23)/t15-/m1/s1. The Bertz CT molecular complexity index is 777. The summed E-state index contributed by atoms with van der Waals surface area (Å²) < 4.78 is 0. The predicted octanol–water partition coefficient (Wildman–Crippen LogP) is 2.12. The number of hydrogen-bond donors (Lipinski definition) is 1. The van der Waals surface area contributed by atoms with E-state index in [0.29, 0.717) is 17.9 Å². The first-order valence-electron chi connectivity index (χ1n) is 7.88. The van der Waals surface area contributed by atoms with Crippen LogP contribution in [0.1, 0.15) is 47.6 Å². The molecule has 3 rings (SSSR count). The molecule has 1 aliphatic rings. The minimum atomic E-state index is -0.221. The highest BCUT2D eigenvalue weighted by molar-refractivity contribution is 5.96. The van der Waals surface area contributed by atoms with Crippen molar-refractivity contribution in [3.63, 3.8) is 0 Å². The Labute approximate surface area is 140 Å². The van der Waals surface area contributed by atoms with Gasteiger partial charge < -0.3 is 10.2 Å². The zero-order valence-electron chi connectivity index (χ0n) is 13.7. The molecule has 7 heteroatoms. The van der Waals surface area contributed by atoms with Gasteiger partial charge in [0.25, 0.3) is 5.91 Å². The number of nitrogens with zero attached hydrogens (tertiary/aromatic N) is 4. The number of anilines is 1. The molecule has 0 aromatic carbocycles. The van der Waals surface area contributed by atoms with Gasteiger partial charge in [0.2, 0.25) is 5.91 Å². The number of nitrogens with one attached hydrogen (secondary N) is 1. The minimum Gasteiger partial charge on any atom is -0.330 e. The number of hydrogen-bond acceptors (Lipinski definition) is 5. The number of carbonyl (C=O) groups excluding carboxylic acids is 2. The average Bonchev–Trinajstić information content (AvgIpc) is 3.03. The Morgan fingerprint density at radius 1 is 1.33 bits per heavy atom. The molecule has 1 aliphatic heterocycles. The Morgan fingerprint density at radius 3 is 2.92 bits per heavy atom. The molecule has 124 valence electrons. The van der Waals surface area contributed by atoms with Gasteiger partial charge in [0.05, 0.1) is 23.6 Å². The molecule has 0 saturated carbocycles. The normalized spacial score (nSPS) is 16.9. The molecule has 2 amide bonds. The lowest BCUT2D eigenvalue weighted by Gasteiger charge is -2.24. The summed E-state index contributed by atoms with van der Waals surface area (Å²) in [7, 11) is 0. The maximum atomic E-state index is 12.9. The zero-order valence-corrected chi connectivity index (χ0v) is 13.7. The van der Waals surface area contributed by atoms with Crippen LogP contribution in [0.5, 0.6) is 0 Å². The van der Waals surface area contributed by atoms with E-state index in [1.54, 1.807) is 24.5 Å². The van der Waals surface area contributed by atoms with Crippen molar-refractivity contribution < 1.29 is 9.59 Å². The third kappa shape index (κ3) is 3.40. The summed E-state index contributed by atoms with van der Waals surface area (Å²) in [5, 5.41) is 2.60. The van der Waals surface area contributed by atoms with Crippen molar-refractivity contribution in [3.8, 4) is 0 Å². The summed E-state index contributed by atoms with van der Waals surface area (Å²) in [4.78, 5) is 38.6. The first-order chi connectivity index (χ1) is 11.5. The number of carbonyl (C=O) groups is 2. The van der Waals surface area contributed by atoms with E-state index in [4.69, 9.17) is 0 Å². The van der Waals surface area contributed by atoms with Gasteiger partial charge in [-0.2, -0.15) is 0 Å². The van der Waals surface area contributed by atoms with Crippen LogP contribution in [-0.2, 0) is 4.79 Å². The van der Waals surface area contributed by atoms with Gasteiger partial charge in [-0.15, -0.1) is 0 Å². The molecule has 24 heavy (non-hydrogen) atoms. The SMILES string of the molecule is CC(=O)Nc1cc(C(=O)N2CCC[C@@H]2c2cncc(C)n2)ccn1. The zero-order chi connectivity index (χ0) is 17.1. The van der Waals surface area contributed by atoms with Crippen LogP contribution in [-0.4, -0.2) is 38.2 Å². The van der Waals surface area contributed by atoms with E-state index in [1.807, 2.05) is 11.8 Å². The minimum absolute atomic E-state index is 0.0673. The molecule has 1 saturated heterocycles. The molecule has 2 aromatic rings. The second-order valence-electron chi connectivity index (χ2n) is 5.85. The highest BCUT2D eigenvalue weighted by Crippen LogP contribution is 2.32. The highest BCUT2D eigenvalue weighted by atomic mass is 16.2. The smallest absolute Gasteiger partial charge is 0.254 e. The Hall–Kier alpha value is -2.83. The van der Waals surface area contributed by atoms with Gasteiger partial charge in [-0.3, -0.25) is 19.6 Å². The van der Waals surface area contributed by atoms with Crippen molar-refractivity contribution in [2.75, 3.05) is 11.9 Å². The molecule has 1 atom stereocenters. The van der Waals surface area contributed by atoms with E-state index in [0.717, 1.165) is 24.2 Å². The van der Waals surface area contributed by atoms with Crippen LogP contribution in [0.2, 0.25) is 0 Å². The number of pyridine rings is 1. The number of aryl methyl sites for hydroxylation is 1. The number of aromatic nitrogens is 3. The summed E-state index contributed by atoms with van der Waals surface area (Å²) in [5.74, 6) is 0.0652. The van der Waals surface area contributed by atoms with Gasteiger partial charge in [-0.1, -0.05) is 0 Å². The molecule has 2 aromatic heterocycles. The van der Waals surface area contributed by atoms with Gasteiger partial charge in [-0.25, -0.2) is 4.98 Å². The first kappa shape index (κ1) is 16.0. The summed E-state index contributed by atoms with van der Waals surface area (Å²) in [6.07, 6.45) is 6.74. The lowest BCUT2D eigenvalue weighted by molar-refractivity contribution is -0.114. The van der Waals surface area contributed by atoms with E-state index in [-0.39, 0.29) is 17.9 Å². The maximum Gasteiger partial charge on any atom is 0.254 e. The fourth-order valence-corrected chi connectivity index (χ4v) is 2.94. The van der Waals surface area contributed by atoms with E-state index >= 15 is 0 Å². The van der Waals surface area contributed by atoms with Gasteiger partial charge in [0.1, 0.15) is 5.82 Å². The third-order valence-corrected chi connectivity index (χ3v) is 3.94. The molecule has 1 fully saturated rings. The van der Waals surface area contributed by atoms with Crippen LogP contribution in [0, 0.1) is 6.92 Å². The topological polar surface area (TPSA) is 88.1 Å². The summed E-state index contributed by atoms with van der Waals surface area (Å²) >= 11 is 0. The molecule has 0 unspecified atom stereocenters. The molecular formula is C17H19N5O2.